The van der Waals surface area contributed by atoms with Gasteiger partial charge in [0.2, 0.25) is 0 Å². The van der Waals surface area contributed by atoms with Crippen LogP contribution in [0.5, 0.6) is 0 Å². The van der Waals surface area contributed by atoms with Gasteiger partial charge in [-0.1, -0.05) is 13.8 Å². The number of hydrogen-bond donors (Lipinski definition) is 2. The summed E-state index contributed by atoms with van der Waals surface area (Å²) in [6.45, 7) is 3.46. The highest BCUT2D eigenvalue weighted by Gasteiger charge is 2.58. The lowest BCUT2D eigenvalue weighted by Gasteiger charge is -2.50. The molecule has 0 bridgehead atoms. The number of alkyl halides is 3. The summed E-state index contributed by atoms with van der Waals surface area (Å²) < 4.78 is 36.0. The van der Waals surface area contributed by atoms with Gasteiger partial charge >= 0.3 is 18.1 Å². The van der Waals surface area contributed by atoms with Gasteiger partial charge in [0.15, 0.2) is 0 Å². The second-order valence-electron chi connectivity index (χ2n) is 4.86. The Labute approximate surface area is 89.8 Å². The average molecular weight is 239 g/mol. The molecule has 1 rings (SSSR count). The zero-order valence-corrected chi connectivity index (χ0v) is 8.81. The fraction of sp³-hybridized carbons (Fsp3) is 0.778. The molecule has 0 aromatic carbocycles. The highest BCUT2D eigenvalue weighted by molar-refractivity contribution is 5.90. The molecule has 0 spiro atoms. The second kappa shape index (κ2) is 3.36. The Kier molecular flexibility index (Phi) is 2.69. The maximum atomic E-state index is 12.0. The minimum absolute atomic E-state index is 0.00282. The van der Waals surface area contributed by atoms with Crippen molar-refractivity contribution in [2.75, 3.05) is 0 Å². The topological polar surface area (TPSA) is 66.4 Å². The monoisotopic (exact) mass is 239 g/mol. The molecule has 1 fully saturated rings. The van der Waals surface area contributed by atoms with Crippen LogP contribution in [-0.4, -0.2) is 28.7 Å². The average Bonchev–Trinajstić information content (AvgIpc) is 1.97. The van der Waals surface area contributed by atoms with Gasteiger partial charge in [-0.15, -0.1) is 0 Å². The Bertz CT molecular complexity index is 327. The summed E-state index contributed by atoms with van der Waals surface area (Å²) in [7, 11) is 0. The highest BCUT2D eigenvalue weighted by atomic mass is 19.4. The van der Waals surface area contributed by atoms with E-state index >= 15 is 0 Å². The van der Waals surface area contributed by atoms with Crippen LogP contribution in [0, 0.1) is 5.41 Å². The molecule has 0 aromatic heterocycles. The fourth-order valence-corrected chi connectivity index (χ4v) is 2.16. The fourth-order valence-electron chi connectivity index (χ4n) is 2.16. The van der Waals surface area contributed by atoms with E-state index in [2.05, 4.69) is 0 Å². The van der Waals surface area contributed by atoms with Crippen molar-refractivity contribution in [1.29, 1.82) is 0 Å². The predicted molar refractivity (Wildman–Crippen MR) is 47.6 cm³/mol. The zero-order chi connectivity index (χ0) is 12.8. The number of nitrogens with one attached hydrogen (secondary N) is 1. The molecule has 0 aliphatic heterocycles. The van der Waals surface area contributed by atoms with Crippen LogP contribution >= 0.6 is 0 Å². The lowest BCUT2D eigenvalue weighted by atomic mass is 9.59. The third-order valence-corrected chi connectivity index (χ3v) is 2.58. The van der Waals surface area contributed by atoms with Crippen LogP contribution < -0.4 is 5.32 Å². The first-order valence-corrected chi connectivity index (χ1v) is 4.61. The van der Waals surface area contributed by atoms with Crippen molar-refractivity contribution in [3.05, 3.63) is 0 Å². The molecule has 0 unspecified atom stereocenters. The molecule has 92 valence electrons. The number of aliphatic carboxylic acids is 1. The third kappa shape index (κ3) is 2.28. The minimum atomic E-state index is -5.05. The number of carboxylic acids is 1. The molecule has 0 radical (unpaired) electrons. The van der Waals surface area contributed by atoms with Crippen LogP contribution in [0.4, 0.5) is 13.2 Å². The van der Waals surface area contributed by atoms with Crippen LogP contribution in [0.2, 0.25) is 0 Å². The number of carbonyl (C=O) groups is 2. The molecule has 1 amide bonds. The van der Waals surface area contributed by atoms with Crippen LogP contribution in [0.3, 0.4) is 0 Å². The third-order valence-electron chi connectivity index (χ3n) is 2.58. The molecule has 0 heterocycles. The summed E-state index contributed by atoms with van der Waals surface area (Å²) in [6, 6.07) is 0. The summed E-state index contributed by atoms with van der Waals surface area (Å²) in [5.74, 6) is -3.63. The Morgan fingerprint density at radius 2 is 1.69 bits per heavy atom. The van der Waals surface area contributed by atoms with E-state index in [4.69, 9.17) is 5.11 Å². The van der Waals surface area contributed by atoms with Crippen molar-refractivity contribution in [1.82, 2.24) is 5.32 Å². The van der Waals surface area contributed by atoms with Crippen molar-refractivity contribution in [2.24, 2.45) is 5.41 Å². The number of carboxylic acid groups (broad SMARTS) is 1. The van der Waals surface area contributed by atoms with E-state index in [0.717, 1.165) is 0 Å². The molecule has 0 aromatic rings. The predicted octanol–water partition coefficient (Wildman–Crippen LogP) is 1.31. The summed E-state index contributed by atoms with van der Waals surface area (Å²) in [5, 5.41) is 10.4. The largest absolute Gasteiger partial charge is 0.480 e. The molecule has 0 atom stereocenters. The van der Waals surface area contributed by atoms with Crippen molar-refractivity contribution < 1.29 is 27.9 Å². The Hall–Kier alpha value is -1.27. The van der Waals surface area contributed by atoms with Gasteiger partial charge in [-0.2, -0.15) is 13.2 Å². The van der Waals surface area contributed by atoms with E-state index in [9.17, 15) is 22.8 Å². The Morgan fingerprint density at radius 1 is 1.25 bits per heavy atom. The molecule has 0 saturated heterocycles. The first kappa shape index (κ1) is 12.8. The maximum absolute atomic E-state index is 12.0. The standard InChI is InChI=1S/C9H12F3NO3/c1-7(2)3-8(4-7,6(15)16)13-5(14)9(10,11)12/h3-4H2,1-2H3,(H,13,14)(H,15,16). The van der Waals surface area contributed by atoms with Crippen LogP contribution in [0.1, 0.15) is 26.7 Å². The van der Waals surface area contributed by atoms with E-state index in [1.165, 1.54) is 0 Å². The van der Waals surface area contributed by atoms with E-state index in [1.807, 2.05) is 0 Å². The van der Waals surface area contributed by atoms with E-state index in [1.54, 1.807) is 19.2 Å². The van der Waals surface area contributed by atoms with Crippen LogP contribution in [0.15, 0.2) is 0 Å². The van der Waals surface area contributed by atoms with Crippen molar-refractivity contribution in [2.45, 2.75) is 38.4 Å². The maximum Gasteiger partial charge on any atom is 0.471 e. The summed E-state index contributed by atoms with van der Waals surface area (Å²) >= 11 is 0. The minimum Gasteiger partial charge on any atom is -0.480 e. The van der Waals surface area contributed by atoms with Gasteiger partial charge in [-0.05, 0) is 18.3 Å². The summed E-state index contributed by atoms with van der Waals surface area (Å²) in [4.78, 5) is 21.6. The molecule has 16 heavy (non-hydrogen) atoms. The van der Waals surface area contributed by atoms with Gasteiger partial charge in [-0.3, -0.25) is 4.79 Å². The first-order chi connectivity index (χ1) is 6.99. The molecule has 2 N–H and O–H groups in total. The number of hydrogen-bond acceptors (Lipinski definition) is 2. The molecular formula is C9H12F3NO3. The van der Waals surface area contributed by atoms with Crippen LogP contribution in [0.25, 0.3) is 0 Å². The Morgan fingerprint density at radius 3 is 1.94 bits per heavy atom. The van der Waals surface area contributed by atoms with E-state index < -0.39 is 23.6 Å². The van der Waals surface area contributed by atoms with E-state index in [0.29, 0.717) is 0 Å². The molecule has 1 saturated carbocycles. The molecular weight excluding hydrogens is 227 g/mol. The number of halogens is 3. The summed E-state index contributed by atoms with van der Waals surface area (Å²) in [6.07, 6.45) is -5.06. The highest BCUT2D eigenvalue weighted by Crippen LogP contribution is 2.48. The molecule has 4 nitrogen and oxygen atoms in total. The van der Waals surface area contributed by atoms with Gasteiger partial charge in [0.25, 0.3) is 0 Å². The quantitative estimate of drug-likeness (QED) is 0.763. The van der Waals surface area contributed by atoms with Crippen LogP contribution in [-0.2, 0) is 9.59 Å². The lowest BCUT2D eigenvalue weighted by Crippen LogP contribution is -2.66. The molecule has 1 aliphatic rings. The normalized spacial score (nSPS) is 22.1. The number of rotatable bonds is 2. The zero-order valence-electron chi connectivity index (χ0n) is 8.81. The number of carbonyl (C=O) groups excluding carboxylic acids is 1. The van der Waals surface area contributed by atoms with Crippen molar-refractivity contribution >= 4 is 11.9 Å². The van der Waals surface area contributed by atoms with Gasteiger partial charge in [0.1, 0.15) is 5.54 Å². The SMILES string of the molecule is CC1(C)CC(NC(=O)C(F)(F)F)(C(=O)O)C1. The second-order valence-corrected chi connectivity index (χ2v) is 4.86. The molecule has 7 heteroatoms. The van der Waals surface area contributed by atoms with Crippen molar-refractivity contribution in [3.8, 4) is 0 Å². The van der Waals surface area contributed by atoms with Gasteiger partial charge in [0, 0.05) is 0 Å². The molecule has 1 aliphatic carbocycles. The summed E-state index contributed by atoms with van der Waals surface area (Å²) in [5.41, 5.74) is -2.13. The smallest absolute Gasteiger partial charge is 0.471 e. The van der Waals surface area contributed by atoms with E-state index in [-0.39, 0.29) is 18.3 Å². The van der Waals surface area contributed by atoms with Gasteiger partial charge in [0.05, 0.1) is 0 Å². The number of amides is 1. The Balaban J connectivity index is 2.77. The van der Waals surface area contributed by atoms with Gasteiger partial charge < -0.3 is 10.4 Å². The van der Waals surface area contributed by atoms with Gasteiger partial charge in [-0.25, -0.2) is 4.79 Å². The first-order valence-electron chi connectivity index (χ1n) is 4.61. The lowest BCUT2D eigenvalue weighted by molar-refractivity contribution is -0.182. The van der Waals surface area contributed by atoms with Crippen molar-refractivity contribution in [3.63, 3.8) is 0 Å².